The molecule has 0 aliphatic rings. The minimum Gasteiger partial charge on any atom is -0.494 e. The van der Waals surface area contributed by atoms with Gasteiger partial charge in [-0.15, -0.1) is 0 Å². The molecular formula is C18H31NO. The van der Waals surface area contributed by atoms with Gasteiger partial charge in [-0.3, -0.25) is 0 Å². The number of unbranched alkanes of at least 4 members (excludes halogenated alkanes) is 4. The summed E-state index contributed by atoms with van der Waals surface area (Å²) in [5, 5.41) is 3.51. The Balaban J connectivity index is 2.25. The minimum atomic E-state index is 0.568. The van der Waals surface area contributed by atoms with Gasteiger partial charge in [-0.25, -0.2) is 0 Å². The quantitative estimate of drug-likeness (QED) is 0.579. The van der Waals surface area contributed by atoms with Crippen molar-refractivity contribution in [3.63, 3.8) is 0 Å². The van der Waals surface area contributed by atoms with Crippen molar-refractivity contribution < 1.29 is 4.74 Å². The van der Waals surface area contributed by atoms with Crippen molar-refractivity contribution >= 4 is 0 Å². The van der Waals surface area contributed by atoms with Gasteiger partial charge < -0.3 is 10.1 Å². The van der Waals surface area contributed by atoms with Crippen LogP contribution in [0.15, 0.2) is 24.3 Å². The van der Waals surface area contributed by atoms with Gasteiger partial charge in [0.1, 0.15) is 5.75 Å². The zero-order valence-electron chi connectivity index (χ0n) is 13.5. The van der Waals surface area contributed by atoms with Gasteiger partial charge in [-0.05, 0) is 37.5 Å². The summed E-state index contributed by atoms with van der Waals surface area (Å²) < 4.78 is 5.83. The average molecular weight is 277 g/mol. The molecule has 0 radical (unpaired) electrons. The van der Waals surface area contributed by atoms with Crippen molar-refractivity contribution in [2.75, 3.05) is 6.61 Å². The van der Waals surface area contributed by atoms with E-state index >= 15 is 0 Å². The second-order valence-electron chi connectivity index (χ2n) is 5.60. The number of ether oxygens (including phenoxy) is 1. The normalized spacial score (nSPS) is 12.3. The van der Waals surface area contributed by atoms with Gasteiger partial charge in [-0.1, -0.05) is 51.7 Å². The van der Waals surface area contributed by atoms with Crippen molar-refractivity contribution in [2.24, 2.45) is 0 Å². The number of rotatable bonds is 11. The van der Waals surface area contributed by atoms with E-state index in [9.17, 15) is 0 Å². The Morgan fingerprint density at radius 3 is 2.65 bits per heavy atom. The molecule has 0 fully saturated rings. The second kappa shape index (κ2) is 10.7. The molecule has 114 valence electrons. The molecule has 2 nitrogen and oxygen atoms in total. The summed E-state index contributed by atoms with van der Waals surface area (Å²) in [7, 11) is 0. The predicted molar refractivity (Wildman–Crippen MR) is 87.3 cm³/mol. The Morgan fingerprint density at radius 1 is 1.10 bits per heavy atom. The van der Waals surface area contributed by atoms with Gasteiger partial charge >= 0.3 is 0 Å². The molecule has 1 N–H and O–H groups in total. The van der Waals surface area contributed by atoms with Crippen molar-refractivity contribution in [3.8, 4) is 5.75 Å². The molecule has 0 aliphatic carbocycles. The van der Waals surface area contributed by atoms with Gasteiger partial charge in [0, 0.05) is 12.6 Å². The van der Waals surface area contributed by atoms with Crippen LogP contribution in [0.5, 0.6) is 5.75 Å². The summed E-state index contributed by atoms with van der Waals surface area (Å²) in [5.41, 5.74) is 1.30. The fourth-order valence-electron chi connectivity index (χ4n) is 2.08. The van der Waals surface area contributed by atoms with Gasteiger partial charge in [0.05, 0.1) is 6.61 Å². The molecule has 0 saturated carbocycles. The van der Waals surface area contributed by atoms with Gasteiger partial charge in [0.25, 0.3) is 0 Å². The minimum absolute atomic E-state index is 0.568. The summed E-state index contributed by atoms with van der Waals surface area (Å²) in [5.74, 6) is 1.00. The van der Waals surface area contributed by atoms with E-state index in [0.29, 0.717) is 6.04 Å². The number of hydrogen-bond donors (Lipinski definition) is 1. The first-order chi connectivity index (χ1) is 9.76. The van der Waals surface area contributed by atoms with Crippen molar-refractivity contribution in [3.05, 3.63) is 29.8 Å². The van der Waals surface area contributed by atoms with E-state index in [1.165, 1.54) is 31.2 Å². The molecule has 1 unspecified atom stereocenters. The maximum absolute atomic E-state index is 5.83. The number of nitrogens with one attached hydrogen (secondary N) is 1. The van der Waals surface area contributed by atoms with Crippen LogP contribution in [-0.2, 0) is 6.54 Å². The standard InChI is InChI=1S/C18H31NO/c1-4-6-7-8-9-13-20-18-12-10-11-17(14-18)15-19-16(3)5-2/h10-12,14,16,19H,4-9,13,15H2,1-3H3. The van der Waals surface area contributed by atoms with Crippen LogP contribution < -0.4 is 10.1 Å². The molecule has 0 amide bonds. The summed E-state index contributed by atoms with van der Waals surface area (Å²) >= 11 is 0. The molecule has 0 aliphatic heterocycles. The maximum atomic E-state index is 5.83. The Kier molecular flexibility index (Phi) is 9.14. The molecule has 0 aromatic heterocycles. The van der Waals surface area contributed by atoms with Crippen LogP contribution in [0.3, 0.4) is 0 Å². The number of benzene rings is 1. The molecule has 0 spiro atoms. The van der Waals surface area contributed by atoms with Crippen molar-refractivity contribution in [1.29, 1.82) is 0 Å². The van der Waals surface area contributed by atoms with E-state index in [1.807, 2.05) is 0 Å². The van der Waals surface area contributed by atoms with Gasteiger partial charge in [-0.2, -0.15) is 0 Å². The summed E-state index contributed by atoms with van der Waals surface area (Å²) in [6, 6.07) is 9.02. The molecule has 1 aromatic carbocycles. The monoisotopic (exact) mass is 277 g/mol. The lowest BCUT2D eigenvalue weighted by molar-refractivity contribution is 0.304. The lowest BCUT2D eigenvalue weighted by atomic mass is 10.1. The fraction of sp³-hybridized carbons (Fsp3) is 0.667. The molecular weight excluding hydrogens is 246 g/mol. The first-order valence-electron chi connectivity index (χ1n) is 8.21. The molecule has 0 heterocycles. The van der Waals surface area contributed by atoms with Crippen LogP contribution in [-0.4, -0.2) is 12.6 Å². The second-order valence-corrected chi connectivity index (χ2v) is 5.60. The Labute approximate surface area is 124 Å². The van der Waals surface area contributed by atoms with Crippen LogP contribution in [0.1, 0.15) is 64.9 Å². The highest BCUT2D eigenvalue weighted by molar-refractivity contribution is 5.28. The highest BCUT2D eigenvalue weighted by Crippen LogP contribution is 2.14. The molecule has 20 heavy (non-hydrogen) atoms. The third-order valence-electron chi connectivity index (χ3n) is 3.68. The van der Waals surface area contributed by atoms with Crippen molar-refractivity contribution in [2.45, 2.75) is 71.9 Å². The van der Waals surface area contributed by atoms with Crippen LogP contribution in [0, 0.1) is 0 Å². The highest BCUT2D eigenvalue weighted by atomic mass is 16.5. The summed E-state index contributed by atoms with van der Waals surface area (Å²) in [6.07, 6.45) is 7.58. The first kappa shape index (κ1) is 17.0. The Morgan fingerprint density at radius 2 is 1.90 bits per heavy atom. The maximum Gasteiger partial charge on any atom is 0.119 e. The Bertz CT molecular complexity index is 351. The van der Waals surface area contributed by atoms with E-state index in [1.54, 1.807) is 0 Å². The molecule has 2 heteroatoms. The van der Waals surface area contributed by atoms with Crippen LogP contribution >= 0.6 is 0 Å². The fourth-order valence-corrected chi connectivity index (χ4v) is 2.08. The third-order valence-corrected chi connectivity index (χ3v) is 3.68. The SMILES string of the molecule is CCCCCCCOc1cccc(CNC(C)CC)c1. The summed E-state index contributed by atoms with van der Waals surface area (Å²) in [4.78, 5) is 0. The van der Waals surface area contributed by atoms with Gasteiger partial charge in [0.15, 0.2) is 0 Å². The molecule has 1 rings (SSSR count). The molecule has 1 aromatic rings. The predicted octanol–water partition coefficient (Wildman–Crippen LogP) is 4.92. The lowest BCUT2D eigenvalue weighted by Gasteiger charge is -2.12. The van der Waals surface area contributed by atoms with E-state index < -0.39 is 0 Å². The Hall–Kier alpha value is -1.02. The smallest absolute Gasteiger partial charge is 0.119 e. The van der Waals surface area contributed by atoms with E-state index in [2.05, 4.69) is 50.4 Å². The van der Waals surface area contributed by atoms with E-state index in [4.69, 9.17) is 4.74 Å². The van der Waals surface area contributed by atoms with Crippen molar-refractivity contribution in [1.82, 2.24) is 5.32 Å². The van der Waals surface area contributed by atoms with Crippen LogP contribution in [0.2, 0.25) is 0 Å². The highest BCUT2D eigenvalue weighted by Gasteiger charge is 2.00. The lowest BCUT2D eigenvalue weighted by Crippen LogP contribution is -2.24. The zero-order chi connectivity index (χ0) is 14.6. The third kappa shape index (κ3) is 7.54. The number of hydrogen-bond acceptors (Lipinski definition) is 2. The first-order valence-corrected chi connectivity index (χ1v) is 8.21. The molecule has 0 saturated heterocycles. The largest absolute Gasteiger partial charge is 0.494 e. The van der Waals surface area contributed by atoms with Crippen LogP contribution in [0.4, 0.5) is 0 Å². The summed E-state index contributed by atoms with van der Waals surface area (Å²) in [6.45, 7) is 8.43. The zero-order valence-corrected chi connectivity index (χ0v) is 13.5. The van der Waals surface area contributed by atoms with E-state index in [-0.39, 0.29) is 0 Å². The molecule has 1 atom stereocenters. The van der Waals surface area contributed by atoms with Crippen LogP contribution in [0.25, 0.3) is 0 Å². The topological polar surface area (TPSA) is 21.3 Å². The van der Waals surface area contributed by atoms with Gasteiger partial charge in [0.2, 0.25) is 0 Å². The van der Waals surface area contributed by atoms with E-state index in [0.717, 1.165) is 31.7 Å². The molecule has 0 bridgehead atoms. The average Bonchev–Trinajstić information content (AvgIpc) is 2.48.